The Morgan fingerprint density at radius 1 is 1.03 bits per heavy atom. The molecule has 2 aromatic carbocycles. The first kappa shape index (κ1) is 25.5. The summed E-state index contributed by atoms with van der Waals surface area (Å²) in [5.74, 6) is -0.931. The zero-order valence-corrected chi connectivity index (χ0v) is 21.9. The van der Waals surface area contributed by atoms with E-state index in [0.29, 0.717) is 35.7 Å². The van der Waals surface area contributed by atoms with Gasteiger partial charge in [0.1, 0.15) is 6.17 Å². The number of piperidine rings is 1. The molecular formula is C30H33ClFN3O2. The number of nitrogens with one attached hydrogen (secondary N) is 1. The molecular weight excluding hydrogens is 489 g/mol. The first-order valence-corrected chi connectivity index (χ1v) is 13.5. The normalized spacial score (nSPS) is 23.9. The fourth-order valence-electron chi connectivity index (χ4n) is 5.86. The highest BCUT2D eigenvalue weighted by Crippen LogP contribution is 2.40. The van der Waals surface area contributed by atoms with Gasteiger partial charge in [-0.25, -0.2) is 4.39 Å². The predicted octanol–water partition coefficient (Wildman–Crippen LogP) is 6.47. The summed E-state index contributed by atoms with van der Waals surface area (Å²) in [7, 11) is 0. The van der Waals surface area contributed by atoms with Crippen LogP contribution in [0.1, 0.15) is 50.6 Å². The number of carbonyl (C=O) groups excluding carboxylic acids is 2. The molecule has 2 heterocycles. The molecule has 5 rings (SSSR count). The number of benzene rings is 2. The molecule has 2 amide bonds. The van der Waals surface area contributed by atoms with E-state index < -0.39 is 18.1 Å². The fourth-order valence-corrected chi connectivity index (χ4v) is 6.10. The zero-order chi connectivity index (χ0) is 25.9. The van der Waals surface area contributed by atoms with Crippen molar-refractivity contribution in [3.05, 3.63) is 82.4 Å². The number of likely N-dealkylation sites (tertiary alicyclic amines) is 1. The maximum absolute atomic E-state index is 14.9. The molecule has 2 aliphatic heterocycles. The van der Waals surface area contributed by atoms with E-state index in [9.17, 15) is 14.0 Å². The molecule has 0 aromatic heterocycles. The van der Waals surface area contributed by atoms with Crippen molar-refractivity contribution in [3.63, 3.8) is 0 Å². The largest absolute Gasteiger partial charge is 0.370 e. The van der Waals surface area contributed by atoms with Crippen molar-refractivity contribution >= 4 is 34.8 Å². The minimum Gasteiger partial charge on any atom is -0.370 e. The molecule has 1 N–H and O–H groups in total. The highest BCUT2D eigenvalue weighted by molar-refractivity contribution is 6.33. The number of rotatable bonds is 5. The van der Waals surface area contributed by atoms with Crippen LogP contribution in [0.3, 0.4) is 0 Å². The van der Waals surface area contributed by atoms with E-state index in [4.69, 9.17) is 11.6 Å². The van der Waals surface area contributed by atoms with Gasteiger partial charge in [-0.2, -0.15) is 0 Å². The SMILES string of the molecule is CC1=C(C(=O)N2CCCC(C(=O)Nc3ccc(Cl)c(N4CCCC4)c3)[C@@H]2c2ccccc2)C(F)CC=C1. The smallest absolute Gasteiger partial charge is 0.253 e. The Bertz CT molecular complexity index is 1220. The van der Waals surface area contributed by atoms with Crippen molar-refractivity contribution in [1.29, 1.82) is 0 Å². The summed E-state index contributed by atoms with van der Waals surface area (Å²) >= 11 is 6.48. The summed E-state index contributed by atoms with van der Waals surface area (Å²) in [5, 5.41) is 3.77. The molecule has 3 aliphatic rings. The Labute approximate surface area is 223 Å². The van der Waals surface area contributed by atoms with Crippen molar-refractivity contribution in [2.24, 2.45) is 5.92 Å². The van der Waals surface area contributed by atoms with Crippen molar-refractivity contribution < 1.29 is 14.0 Å². The van der Waals surface area contributed by atoms with Crippen molar-refractivity contribution in [2.75, 3.05) is 29.9 Å². The second-order valence-electron chi connectivity index (χ2n) is 10.2. The molecule has 0 spiro atoms. The summed E-state index contributed by atoms with van der Waals surface area (Å²) < 4.78 is 14.9. The molecule has 7 heteroatoms. The molecule has 2 saturated heterocycles. The number of allylic oxidation sites excluding steroid dienone is 3. The molecule has 2 fully saturated rings. The van der Waals surface area contributed by atoms with Crippen LogP contribution in [-0.4, -0.2) is 42.5 Å². The summed E-state index contributed by atoms with van der Waals surface area (Å²) in [5.41, 5.74) is 3.35. The quantitative estimate of drug-likeness (QED) is 0.490. The number of amides is 2. The molecule has 2 aromatic rings. The Morgan fingerprint density at radius 3 is 2.51 bits per heavy atom. The van der Waals surface area contributed by atoms with Crippen LogP contribution in [0.25, 0.3) is 0 Å². The van der Waals surface area contributed by atoms with Crippen LogP contribution >= 0.6 is 11.6 Å². The maximum Gasteiger partial charge on any atom is 0.253 e. The van der Waals surface area contributed by atoms with Crippen molar-refractivity contribution in [3.8, 4) is 0 Å². The molecule has 5 nitrogen and oxygen atoms in total. The average Bonchev–Trinajstić information content (AvgIpc) is 3.44. The zero-order valence-electron chi connectivity index (χ0n) is 21.1. The van der Waals surface area contributed by atoms with Gasteiger partial charge in [-0.1, -0.05) is 54.1 Å². The van der Waals surface area contributed by atoms with Gasteiger partial charge in [0.2, 0.25) is 5.91 Å². The monoisotopic (exact) mass is 521 g/mol. The minimum atomic E-state index is -1.33. The van der Waals surface area contributed by atoms with E-state index in [1.54, 1.807) is 17.9 Å². The Kier molecular flexibility index (Phi) is 7.65. The lowest BCUT2D eigenvalue weighted by Gasteiger charge is -2.42. The number of carbonyl (C=O) groups is 2. The number of nitrogens with zero attached hydrogens (tertiary/aromatic N) is 2. The van der Waals surface area contributed by atoms with Crippen LogP contribution in [0.4, 0.5) is 15.8 Å². The van der Waals surface area contributed by atoms with Crippen molar-refractivity contribution in [1.82, 2.24) is 4.90 Å². The van der Waals surface area contributed by atoms with Gasteiger partial charge < -0.3 is 15.1 Å². The third-order valence-corrected chi connectivity index (χ3v) is 8.03. The van der Waals surface area contributed by atoms with Crippen LogP contribution < -0.4 is 10.2 Å². The van der Waals surface area contributed by atoms with Crippen LogP contribution in [0, 0.1) is 5.92 Å². The van der Waals surface area contributed by atoms with E-state index >= 15 is 0 Å². The number of anilines is 2. The molecule has 3 atom stereocenters. The summed E-state index contributed by atoms with van der Waals surface area (Å²) in [6.07, 6.45) is 6.01. The van der Waals surface area contributed by atoms with Crippen molar-refractivity contribution in [2.45, 2.75) is 51.2 Å². The van der Waals surface area contributed by atoms with E-state index in [0.717, 1.165) is 37.2 Å². The van der Waals surface area contributed by atoms with Crippen LogP contribution in [0.5, 0.6) is 0 Å². The van der Waals surface area contributed by atoms with E-state index in [2.05, 4.69) is 10.2 Å². The lowest BCUT2D eigenvalue weighted by Crippen LogP contribution is -2.48. The lowest BCUT2D eigenvalue weighted by atomic mass is 9.82. The summed E-state index contributed by atoms with van der Waals surface area (Å²) in [6, 6.07) is 14.7. The Morgan fingerprint density at radius 2 is 1.78 bits per heavy atom. The van der Waals surface area contributed by atoms with Gasteiger partial charge >= 0.3 is 0 Å². The van der Waals surface area contributed by atoms with Gasteiger partial charge in [0.15, 0.2) is 0 Å². The number of halogens is 2. The molecule has 0 bridgehead atoms. The van der Waals surface area contributed by atoms with Gasteiger partial charge in [0.25, 0.3) is 5.91 Å². The molecule has 0 saturated carbocycles. The van der Waals surface area contributed by atoms with Crippen LogP contribution in [0.2, 0.25) is 5.02 Å². The number of alkyl halides is 1. The average molecular weight is 522 g/mol. The van der Waals surface area contributed by atoms with Gasteiger partial charge in [-0.3, -0.25) is 9.59 Å². The first-order valence-electron chi connectivity index (χ1n) is 13.2. The highest BCUT2D eigenvalue weighted by atomic mass is 35.5. The topological polar surface area (TPSA) is 52.7 Å². The molecule has 2 unspecified atom stereocenters. The molecule has 194 valence electrons. The fraction of sp³-hybridized carbons (Fsp3) is 0.400. The van der Waals surface area contributed by atoms with Gasteiger partial charge in [-0.15, -0.1) is 0 Å². The Balaban J connectivity index is 1.44. The van der Waals surface area contributed by atoms with Gasteiger partial charge in [0, 0.05) is 31.7 Å². The lowest BCUT2D eigenvalue weighted by molar-refractivity contribution is -0.136. The van der Waals surface area contributed by atoms with Crippen LogP contribution in [-0.2, 0) is 9.59 Å². The third-order valence-electron chi connectivity index (χ3n) is 7.71. The van der Waals surface area contributed by atoms with E-state index in [-0.39, 0.29) is 23.8 Å². The second-order valence-corrected chi connectivity index (χ2v) is 10.6. The van der Waals surface area contributed by atoms with Gasteiger partial charge in [0.05, 0.1) is 28.2 Å². The summed E-state index contributed by atoms with van der Waals surface area (Å²) in [4.78, 5) is 31.5. The molecule has 37 heavy (non-hydrogen) atoms. The standard InChI is InChI=1S/C30H33ClFN3O2/c1-20-9-7-13-25(32)27(20)30(37)35-18-8-12-23(28(35)21-10-3-2-4-11-21)29(36)33-22-14-15-24(31)26(19-22)34-16-5-6-17-34/h2-4,7,9-11,14-15,19,23,25,28H,5-6,8,12-13,16-18H2,1H3,(H,33,36)/t23?,25?,28-/m0/s1. The van der Waals surface area contributed by atoms with Gasteiger partial charge in [-0.05, 0) is 61.9 Å². The third kappa shape index (κ3) is 5.30. The summed E-state index contributed by atoms with van der Waals surface area (Å²) in [6.45, 7) is 4.16. The number of hydrogen-bond donors (Lipinski definition) is 1. The van der Waals surface area contributed by atoms with E-state index in [1.165, 1.54) is 0 Å². The molecule has 0 radical (unpaired) electrons. The number of hydrogen-bond acceptors (Lipinski definition) is 3. The second kappa shape index (κ2) is 11.1. The predicted molar refractivity (Wildman–Crippen MR) is 147 cm³/mol. The Hall–Kier alpha value is -3.12. The first-order chi connectivity index (χ1) is 17.9. The maximum atomic E-state index is 14.9. The highest BCUT2D eigenvalue weighted by Gasteiger charge is 2.41. The minimum absolute atomic E-state index is 0.146. The molecule has 1 aliphatic carbocycles. The van der Waals surface area contributed by atoms with Crippen LogP contribution in [0.15, 0.2) is 71.8 Å². The van der Waals surface area contributed by atoms with E-state index in [1.807, 2.05) is 54.6 Å².